The Kier molecular flexibility index (Phi) is 20.1. The number of carbonyl (C=O) groups excluding carboxylic acids is 6. The summed E-state index contributed by atoms with van der Waals surface area (Å²) in [6.07, 6.45) is -7.94. The van der Waals surface area contributed by atoms with E-state index < -0.39 is 127 Å². The van der Waals surface area contributed by atoms with Gasteiger partial charge in [-0.05, 0) is 68.4 Å². The molecule has 11 atom stereocenters. The molecule has 2 aromatic carbocycles. The molecular weight excluding hydrogens is 1030 g/mol. The van der Waals surface area contributed by atoms with E-state index >= 15 is 4.79 Å². The predicted molar refractivity (Wildman–Crippen MR) is 269 cm³/mol. The van der Waals surface area contributed by atoms with Crippen molar-refractivity contribution >= 4 is 43.6 Å². The zero-order valence-corrected chi connectivity index (χ0v) is 45.3. The average Bonchev–Trinajstić information content (AvgIpc) is 4.25. The summed E-state index contributed by atoms with van der Waals surface area (Å²) in [6.45, 7) is 11.1. The first-order valence-electron chi connectivity index (χ1n) is 25.7. The van der Waals surface area contributed by atoms with Crippen LogP contribution in [0, 0.1) is 28.6 Å². The summed E-state index contributed by atoms with van der Waals surface area (Å²) in [5.41, 5.74) is -6.10. The molecule has 23 nitrogen and oxygen atoms in total. The van der Waals surface area contributed by atoms with Gasteiger partial charge in [0, 0.05) is 56.3 Å². The lowest BCUT2D eigenvalue weighted by molar-refractivity contribution is -0.344. The average molecular weight is 1110 g/mol. The number of fused-ring (bicyclic) bond motifs is 5. The summed E-state index contributed by atoms with van der Waals surface area (Å²) in [5, 5.41) is 41.9. The minimum atomic E-state index is -5.07. The third-order valence-electron chi connectivity index (χ3n) is 15.8. The fourth-order valence-corrected chi connectivity index (χ4v) is 12.0. The quantitative estimate of drug-likeness (QED) is 0.0310. The maximum absolute atomic E-state index is 15.8. The summed E-state index contributed by atoms with van der Waals surface area (Å²) in [4.78, 5) is 105. The van der Waals surface area contributed by atoms with Gasteiger partial charge in [0.2, 0.25) is 6.10 Å². The highest BCUT2D eigenvalue weighted by atomic mass is 31.2. The second kappa shape index (κ2) is 25.3. The number of nitrogens with one attached hydrogen (secondary N) is 1. The number of nitrogens with zero attached hydrogens (tertiary/aromatic N) is 1. The molecule has 7 rings (SSSR count). The zero-order valence-electron chi connectivity index (χ0n) is 44.4. The van der Waals surface area contributed by atoms with Crippen molar-refractivity contribution in [3.63, 3.8) is 0 Å². The van der Waals surface area contributed by atoms with Crippen molar-refractivity contribution in [2.24, 2.45) is 28.6 Å². The van der Waals surface area contributed by atoms with E-state index in [-0.39, 0.29) is 62.6 Å². The number of carbonyl (C=O) groups is 6. The SMILES string of the molecule is CCOC(=O)O[C@@H](C(=O)OC1C[C@@]2(O)[C@@H](C)C3[C@](C)(C(=O)[C@H](OC(C)=O)C(=C1C)C2(C)C)[C@@H](OCOP(=O)(O)O)C[C@H]1OC[C@@]31OC(=O)C1CC1)[C@@H](NC(=O)c1ccccc1)c1ccccc1.OCCN(CCO)CCO. The number of Topliss-reactive ketones (excluding diaryl/α,β-unsaturated/α-hetero) is 1. The van der Waals surface area contributed by atoms with Gasteiger partial charge in [0.05, 0.1) is 56.1 Å². The van der Waals surface area contributed by atoms with Gasteiger partial charge in [0.15, 0.2) is 24.3 Å². The second-order valence-electron chi connectivity index (χ2n) is 20.7. The Morgan fingerprint density at radius 2 is 1.51 bits per heavy atom. The van der Waals surface area contributed by atoms with Crippen LogP contribution in [-0.4, -0.2) is 172 Å². The number of rotatable bonds is 21. The summed E-state index contributed by atoms with van der Waals surface area (Å²) in [5.74, 6) is -6.70. The highest BCUT2D eigenvalue weighted by Gasteiger charge is 2.77. The first-order valence-corrected chi connectivity index (χ1v) is 27.2. The van der Waals surface area contributed by atoms with E-state index in [1.165, 1.54) is 13.8 Å². The largest absolute Gasteiger partial charge is 0.509 e. The maximum atomic E-state index is 15.8. The number of ether oxygens (including phenoxy) is 7. The lowest BCUT2D eigenvalue weighted by Gasteiger charge is -2.68. The lowest BCUT2D eigenvalue weighted by Crippen LogP contribution is -2.80. The van der Waals surface area contributed by atoms with Gasteiger partial charge in [-0.1, -0.05) is 69.3 Å². The van der Waals surface area contributed by atoms with Gasteiger partial charge in [-0.3, -0.25) is 28.6 Å². The Bertz CT molecular complexity index is 2490. The van der Waals surface area contributed by atoms with Crippen molar-refractivity contribution in [1.82, 2.24) is 10.2 Å². The number of amides is 1. The topological polar surface area (TPSA) is 330 Å². The monoisotopic (exact) mass is 1100 g/mol. The summed E-state index contributed by atoms with van der Waals surface area (Å²) in [6, 6.07) is 15.0. The highest BCUT2D eigenvalue weighted by molar-refractivity contribution is 7.46. The molecule has 1 aliphatic heterocycles. The number of aliphatic hydroxyl groups excluding tert-OH is 3. The van der Waals surface area contributed by atoms with Crippen molar-refractivity contribution in [1.29, 1.82) is 0 Å². The number of phosphoric ester groups is 1. The van der Waals surface area contributed by atoms with Gasteiger partial charge in [-0.2, -0.15) is 0 Å². The number of esters is 3. The third-order valence-corrected chi connectivity index (χ3v) is 16.2. The molecule has 3 saturated carbocycles. The van der Waals surface area contributed by atoms with E-state index in [0.717, 1.165) is 6.92 Å². The van der Waals surface area contributed by atoms with Crippen LogP contribution in [0.2, 0.25) is 0 Å². The van der Waals surface area contributed by atoms with Gasteiger partial charge >= 0.3 is 31.9 Å². The van der Waals surface area contributed by atoms with Crippen LogP contribution >= 0.6 is 7.82 Å². The molecule has 1 saturated heterocycles. The number of phosphoric acid groups is 1. The molecule has 426 valence electrons. The Balaban J connectivity index is 0.000000871. The van der Waals surface area contributed by atoms with Crippen LogP contribution in [-0.2, 0) is 61.4 Å². The fourth-order valence-electron chi connectivity index (χ4n) is 11.8. The molecule has 0 aromatic heterocycles. The van der Waals surface area contributed by atoms with Crippen LogP contribution in [0.3, 0.4) is 0 Å². The first kappa shape index (κ1) is 61.0. The normalized spacial score (nSPS) is 29.0. The standard InChI is InChI=1S/C47H58NO18P.C6H15NO3/c1-8-59-43(54)65-37(35(28-15-11-9-12-16-28)48-40(51)29-17-13-10-14-18-29)42(53)64-31-22-47(55)26(3)38-45(7,39(50)36(63-27(4)49)34(25(31)2)44(47,5)6)32(61-24-62-67(56,57)58)21-33-46(38,23-60-33)66-41(52)30-19-20-30;8-4-1-7(2-5-9)3-6-10/h9-18,26,30-33,35-38,55H,8,19-24H2,1-7H3,(H,48,51)(H2,56,57,58);8-10H,1-6H2/t26-,31?,32-,33+,35-,36+,37+,38?,45+,46-,47+;/m0./s1. The molecule has 0 spiro atoms. The van der Waals surface area contributed by atoms with Crippen molar-refractivity contribution in [2.45, 2.75) is 122 Å². The molecule has 2 unspecified atom stereocenters. The van der Waals surface area contributed by atoms with Crippen molar-refractivity contribution in [3.05, 3.63) is 82.9 Å². The molecule has 2 aromatic rings. The third kappa shape index (κ3) is 13.1. The van der Waals surface area contributed by atoms with E-state index in [4.69, 9.17) is 48.5 Å². The van der Waals surface area contributed by atoms with Crippen molar-refractivity contribution < 1.29 is 101 Å². The molecule has 24 heteroatoms. The molecule has 4 aliphatic carbocycles. The number of hydrogen-bond donors (Lipinski definition) is 7. The van der Waals surface area contributed by atoms with Crippen LogP contribution < -0.4 is 5.32 Å². The smallest absolute Gasteiger partial charge is 0.455 e. The Labute approximate surface area is 446 Å². The van der Waals surface area contributed by atoms with Crippen LogP contribution in [0.4, 0.5) is 4.79 Å². The molecule has 2 bridgehead atoms. The first-order chi connectivity index (χ1) is 36.3. The van der Waals surface area contributed by atoms with Gasteiger partial charge in [-0.15, -0.1) is 0 Å². The van der Waals surface area contributed by atoms with Gasteiger partial charge in [0.25, 0.3) is 5.91 Å². The van der Waals surface area contributed by atoms with Crippen molar-refractivity contribution in [2.75, 3.05) is 59.5 Å². The minimum absolute atomic E-state index is 0.0694. The van der Waals surface area contributed by atoms with Crippen molar-refractivity contribution in [3.8, 4) is 0 Å². The molecule has 7 N–H and O–H groups in total. The summed E-state index contributed by atoms with van der Waals surface area (Å²) >= 11 is 0. The van der Waals surface area contributed by atoms with E-state index in [1.807, 2.05) is 0 Å². The van der Waals surface area contributed by atoms with Gasteiger partial charge in [0.1, 0.15) is 18.2 Å². The van der Waals surface area contributed by atoms with Crippen LogP contribution in [0.5, 0.6) is 0 Å². The van der Waals surface area contributed by atoms with Crippen LogP contribution in [0.1, 0.15) is 96.1 Å². The number of hydrogen-bond acceptors (Lipinski definition) is 20. The number of ketones is 1. The second-order valence-corrected chi connectivity index (χ2v) is 22.0. The molecule has 77 heavy (non-hydrogen) atoms. The predicted octanol–water partition coefficient (Wildman–Crippen LogP) is 3.07. The minimum Gasteiger partial charge on any atom is -0.455 e. The maximum Gasteiger partial charge on any atom is 0.509 e. The summed E-state index contributed by atoms with van der Waals surface area (Å²) in [7, 11) is -5.07. The number of benzene rings is 2. The Hall–Kier alpha value is -5.17. The molecule has 1 amide bonds. The Morgan fingerprint density at radius 3 is 2.03 bits per heavy atom. The molecular formula is C53H73N2O21P. The summed E-state index contributed by atoms with van der Waals surface area (Å²) < 4.78 is 57.9. The van der Waals surface area contributed by atoms with Gasteiger partial charge < -0.3 is 68.7 Å². The molecule has 1 heterocycles. The molecule has 0 radical (unpaired) electrons. The van der Waals surface area contributed by atoms with E-state index in [1.54, 1.807) is 93.3 Å². The van der Waals surface area contributed by atoms with Crippen LogP contribution in [0.25, 0.3) is 0 Å². The highest BCUT2D eigenvalue weighted by Crippen LogP contribution is 2.66. The van der Waals surface area contributed by atoms with E-state index in [0.29, 0.717) is 38.0 Å². The van der Waals surface area contributed by atoms with E-state index in [2.05, 4.69) is 9.84 Å². The fraction of sp³-hybridized carbons (Fsp3) is 0.623. The lowest BCUT2D eigenvalue weighted by atomic mass is 9.42. The molecule has 5 aliphatic rings. The molecule has 4 fully saturated rings. The Morgan fingerprint density at radius 1 is 0.909 bits per heavy atom. The van der Waals surface area contributed by atoms with Crippen LogP contribution in [0.15, 0.2) is 71.8 Å². The number of aliphatic hydroxyl groups is 4. The van der Waals surface area contributed by atoms with E-state index in [9.17, 15) is 43.4 Å². The van der Waals surface area contributed by atoms with Gasteiger partial charge in [-0.25, -0.2) is 14.2 Å². The zero-order chi connectivity index (χ0) is 56.7.